The highest BCUT2D eigenvalue weighted by atomic mass is 16.3. The van der Waals surface area contributed by atoms with Gasteiger partial charge in [-0.15, -0.1) is 0 Å². The van der Waals surface area contributed by atoms with E-state index in [2.05, 4.69) is 0 Å². The van der Waals surface area contributed by atoms with Gasteiger partial charge in [0.15, 0.2) is 0 Å². The minimum Gasteiger partial charge on any atom is -0.508 e. The van der Waals surface area contributed by atoms with E-state index in [9.17, 15) is 5.11 Å². The lowest BCUT2D eigenvalue weighted by molar-refractivity contribution is 0.444. The Morgan fingerprint density at radius 2 is 2.08 bits per heavy atom. The molecule has 0 fully saturated rings. The Hall–Kier alpha value is -1.22. The SMILES string of the molecule is C[C@@H](N)CCc1ccc(O)cc1O. The van der Waals surface area contributed by atoms with Crippen LogP contribution in [0.5, 0.6) is 11.5 Å². The number of aryl methyl sites for hydroxylation is 1. The molecule has 0 heterocycles. The van der Waals surface area contributed by atoms with Gasteiger partial charge in [0, 0.05) is 12.1 Å². The molecule has 0 radical (unpaired) electrons. The fraction of sp³-hybridized carbons (Fsp3) is 0.400. The Balaban J connectivity index is 2.67. The molecule has 0 spiro atoms. The molecule has 1 aromatic rings. The van der Waals surface area contributed by atoms with E-state index in [1.807, 2.05) is 6.92 Å². The first kappa shape index (κ1) is 9.86. The number of aromatic hydroxyl groups is 2. The van der Waals surface area contributed by atoms with Crippen molar-refractivity contribution >= 4 is 0 Å². The summed E-state index contributed by atoms with van der Waals surface area (Å²) in [4.78, 5) is 0. The maximum Gasteiger partial charge on any atom is 0.122 e. The molecular formula is C10H15NO2. The van der Waals surface area contributed by atoms with Crippen molar-refractivity contribution < 1.29 is 10.2 Å². The van der Waals surface area contributed by atoms with E-state index in [0.29, 0.717) is 0 Å². The van der Waals surface area contributed by atoms with Crippen LogP contribution in [0.1, 0.15) is 18.9 Å². The summed E-state index contributed by atoms with van der Waals surface area (Å²) in [7, 11) is 0. The third-order valence-electron chi connectivity index (χ3n) is 1.94. The van der Waals surface area contributed by atoms with Crippen LogP contribution in [0, 0.1) is 0 Å². The van der Waals surface area contributed by atoms with E-state index in [1.165, 1.54) is 6.07 Å². The van der Waals surface area contributed by atoms with Gasteiger partial charge in [0.1, 0.15) is 11.5 Å². The molecule has 0 saturated carbocycles. The van der Waals surface area contributed by atoms with Crippen molar-refractivity contribution in [2.24, 2.45) is 5.73 Å². The van der Waals surface area contributed by atoms with E-state index >= 15 is 0 Å². The monoisotopic (exact) mass is 181 g/mol. The third-order valence-corrected chi connectivity index (χ3v) is 1.94. The molecule has 72 valence electrons. The second-order valence-electron chi connectivity index (χ2n) is 3.33. The average molecular weight is 181 g/mol. The molecule has 1 rings (SSSR count). The number of benzene rings is 1. The number of phenols is 2. The van der Waals surface area contributed by atoms with E-state index in [4.69, 9.17) is 10.8 Å². The molecular weight excluding hydrogens is 166 g/mol. The standard InChI is InChI=1S/C10H15NO2/c1-7(11)2-3-8-4-5-9(12)6-10(8)13/h4-7,12-13H,2-3,11H2,1H3/t7-/m1/s1. The Kier molecular flexibility index (Phi) is 3.14. The third kappa shape index (κ3) is 2.95. The van der Waals surface area contributed by atoms with E-state index in [1.54, 1.807) is 12.1 Å². The van der Waals surface area contributed by atoms with Gasteiger partial charge in [-0.2, -0.15) is 0 Å². The predicted octanol–water partition coefficient (Wildman–Crippen LogP) is 1.38. The van der Waals surface area contributed by atoms with E-state index < -0.39 is 0 Å². The molecule has 0 aliphatic rings. The summed E-state index contributed by atoms with van der Waals surface area (Å²) in [6.45, 7) is 1.93. The molecule has 0 amide bonds. The van der Waals surface area contributed by atoms with Gasteiger partial charge in [-0.25, -0.2) is 0 Å². The zero-order chi connectivity index (χ0) is 9.84. The normalized spacial score (nSPS) is 12.8. The first-order valence-corrected chi connectivity index (χ1v) is 4.36. The molecule has 13 heavy (non-hydrogen) atoms. The van der Waals surface area contributed by atoms with Crippen LogP contribution in [-0.2, 0) is 6.42 Å². The number of nitrogens with two attached hydrogens (primary N) is 1. The lowest BCUT2D eigenvalue weighted by Crippen LogP contribution is -2.15. The molecule has 0 aromatic heterocycles. The molecule has 0 aliphatic heterocycles. The van der Waals surface area contributed by atoms with Gasteiger partial charge >= 0.3 is 0 Å². The summed E-state index contributed by atoms with van der Waals surface area (Å²) < 4.78 is 0. The maximum absolute atomic E-state index is 9.40. The highest BCUT2D eigenvalue weighted by Crippen LogP contribution is 2.23. The molecule has 4 N–H and O–H groups in total. The molecule has 3 heteroatoms. The number of rotatable bonds is 3. The van der Waals surface area contributed by atoms with Gasteiger partial charge in [-0.3, -0.25) is 0 Å². The topological polar surface area (TPSA) is 66.5 Å². The van der Waals surface area contributed by atoms with Crippen LogP contribution in [0.3, 0.4) is 0 Å². The summed E-state index contributed by atoms with van der Waals surface area (Å²) in [6.07, 6.45) is 1.57. The molecule has 1 aromatic carbocycles. The maximum atomic E-state index is 9.40. The first-order valence-electron chi connectivity index (χ1n) is 4.36. The minimum absolute atomic E-state index is 0.0852. The van der Waals surface area contributed by atoms with Crippen molar-refractivity contribution in [1.82, 2.24) is 0 Å². The zero-order valence-electron chi connectivity index (χ0n) is 7.70. The molecule has 1 atom stereocenters. The summed E-state index contributed by atoms with van der Waals surface area (Å²) in [6, 6.07) is 4.76. The lowest BCUT2D eigenvalue weighted by Gasteiger charge is -2.06. The largest absolute Gasteiger partial charge is 0.508 e. The molecule has 3 nitrogen and oxygen atoms in total. The molecule has 0 unspecified atom stereocenters. The Morgan fingerprint density at radius 1 is 1.38 bits per heavy atom. The van der Waals surface area contributed by atoms with Crippen molar-refractivity contribution in [3.05, 3.63) is 23.8 Å². The van der Waals surface area contributed by atoms with Crippen molar-refractivity contribution in [2.75, 3.05) is 0 Å². The number of hydrogen-bond acceptors (Lipinski definition) is 3. The molecule has 0 aliphatic carbocycles. The Bertz CT molecular complexity index is 284. The lowest BCUT2D eigenvalue weighted by atomic mass is 10.1. The summed E-state index contributed by atoms with van der Waals surface area (Å²) in [5.74, 6) is 0.225. The van der Waals surface area contributed by atoms with Gasteiger partial charge in [0.25, 0.3) is 0 Å². The van der Waals surface area contributed by atoms with Gasteiger partial charge in [0.05, 0.1) is 0 Å². The van der Waals surface area contributed by atoms with Crippen LogP contribution in [0.15, 0.2) is 18.2 Å². The minimum atomic E-state index is 0.0852. The number of phenolic OH excluding ortho intramolecular Hbond substituents is 2. The van der Waals surface area contributed by atoms with Crippen molar-refractivity contribution in [1.29, 1.82) is 0 Å². The second kappa shape index (κ2) is 4.14. The van der Waals surface area contributed by atoms with E-state index in [0.717, 1.165) is 18.4 Å². The quantitative estimate of drug-likeness (QED) is 0.660. The van der Waals surface area contributed by atoms with Crippen molar-refractivity contribution in [3.63, 3.8) is 0 Å². The second-order valence-corrected chi connectivity index (χ2v) is 3.33. The van der Waals surface area contributed by atoms with E-state index in [-0.39, 0.29) is 17.5 Å². The molecule has 0 bridgehead atoms. The van der Waals surface area contributed by atoms with Crippen molar-refractivity contribution in [2.45, 2.75) is 25.8 Å². The Labute approximate surface area is 77.8 Å². The van der Waals surface area contributed by atoms with Crippen LogP contribution in [-0.4, -0.2) is 16.3 Å². The van der Waals surface area contributed by atoms with Crippen LogP contribution in [0.4, 0.5) is 0 Å². The smallest absolute Gasteiger partial charge is 0.122 e. The van der Waals surface area contributed by atoms with Gasteiger partial charge < -0.3 is 15.9 Å². The van der Waals surface area contributed by atoms with Crippen LogP contribution >= 0.6 is 0 Å². The fourth-order valence-electron chi connectivity index (χ4n) is 1.15. The van der Waals surface area contributed by atoms with Crippen LogP contribution in [0.25, 0.3) is 0 Å². The zero-order valence-corrected chi connectivity index (χ0v) is 7.70. The first-order chi connectivity index (χ1) is 6.09. The number of hydrogen-bond donors (Lipinski definition) is 3. The fourth-order valence-corrected chi connectivity index (χ4v) is 1.15. The molecule has 0 saturated heterocycles. The highest BCUT2D eigenvalue weighted by molar-refractivity contribution is 5.38. The highest BCUT2D eigenvalue weighted by Gasteiger charge is 2.03. The van der Waals surface area contributed by atoms with Gasteiger partial charge in [-0.05, 0) is 31.4 Å². The summed E-state index contributed by atoms with van der Waals surface area (Å²) in [5, 5.41) is 18.4. The average Bonchev–Trinajstić information content (AvgIpc) is 2.02. The summed E-state index contributed by atoms with van der Waals surface area (Å²) >= 11 is 0. The van der Waals surface area contributed by atoms with Crippen LogP contribution in [0.2, 0.25) is 0 Å². The van der Waals surface area contributed by atoms with Gasteiger partial charge in [0.2, 0.25) is 0 Å². The van der Waals surface area contributed by atoms with Gasteiger partial charge in [-0.1, -0.05) is 6.07 Å². The van der Waals surface area contributed by atoms with Crippen LogP contribution < -0.4 is 5.73 Å². The van der Waals surface area contributed by atoms with Crippen molar-refractivity contribution in [3.8, 4) is 11.5 Å². The predicted molar refractivity (Wildman–Crippen MR) is 51.7 cm³/mol. The Morgan fingerprint density at radius 3 is 2.62 bits per heavy atom. The summed E-state index contributed by atoms with van der Waals surface area (Å²) in [5.41, 5.74) is 6.42.